The van der Waals surface area contributed by atoms with Crippen molar-refractivity contribution in [2.75, 3.05) is 13.1 Å². The molecule has 0 aliphatic heterocycles. The van der Waals surface area contributed by atoms with E-state index < -0.39 is 22.0 Å². The molecule has 4 nitrogen and oxygen atoms in total. The minimum absolute atomic E-state index is 0.401. The molecule has 7 rings (SSSR count). The first-order valence-corrected chi connectivity index (χ1v) is 26.0. The molecule has 282 valence electrons. The molecule has 6 heteroatoms. The first-order chi connectivity index (χ1) is 27.0. The van der Waals surface area contributed by atoms with Crippen LogP contribution in [0.2, 0.25) is 38.3 Å². The fourth-order valence-corrected chi connectivity index (χ4v) is 16.1. The van der Waals surface area contributed by atoms with Crippen LogP contribution in [0.5, 0.6) is 0 Å². The summed E-state index contributed by atoms with van der Waals surface area (Å²) >= 11 is 0. The van der Waals surface area contributed by atoms with Crippen molar-refractivity contribution in [3.05, 3.63) is 196 Å². The molecule has 0 saturated heterocycles. The zero-order chi connectivity index (χ0) is 39.2. The average Bonchev–Trinajstić information content (AvgIpc) is 3.50. The first kappa shape index (κ1) is 39.0. The van der Waals surface area contributed by atoms with E-state index in [9.17, 15) is 0 Å². The Morgan fingerprint density at radius 1 is 0.482 bits per heavy atom. The highest BCUT2D eigenvalue weighted by molar-refractivity contribution is 6.84. The van der Waals surface area contributed by atoms with E-state index in [-0.39, 0.29) is 0 Å². The Balaban J connectivity index is 0.962. The molecule has 0 radical (unpaired) electrons. The van der Waals surface area contributed by atoms with Gasteiger partial charge in [-0.3, -0.25) is 15.0 Å². The van der Waals surface area contributed by atoms with Gasteiger partial charge >= 0.3 is 0 Å². The molecule has 1 aliphatic carbocycles. The van der Waals surface area contributed by atoms with Crippen LogP contribution in [0, 0.1) is 13.8 Å². The second kappa shape index (κ2) is 16.8. The molecule has 0 bridgehead atoms. The number of aryl methyl sites for hydroxylation is 2. The fourth-order valence-electron chi connectivity index (χ4n) is 7.95. The Bertz CT molecular complexity index is 2300. The molecule has 1 aliphatic rings. The second-order valence-corrected chi connectivity index (χ2v) is 25.1. The zero-order valence-corrected chi connectivity index (χ0v) is 35.7. The number of rotatable bonds is 14. The smallest absolute Gasteiger partial charge is 0.175 e. The van der Waals surface area contributed by atoms with Crippen molar-refractivity contribution in [1.29, 1.82) is 0 Å². The van der Waals surface area contributed by atoms with Gasteiger partial charge in [-0.25, -0.2) is 0 Å². The van der Waals surface area contributed by atoms with Crippen LogP contribution >= 0.6 is 0 Å². The number of hydrogen-bond donors (Lipinski definition) is 0. The van der Waals surface area contributed by atoms with Crippen LogP contribution in [-0.2, 0) is 9.53 Å². The molecule has 0 fully saturated rings. The van der Waals surface area contributed by atoms with Crippen LogP contribution in [-0.4, -0.2) is 48.4 Å². The highest BCUT2D eigenvalue weighted by atomic mass is 28.4. The Hall–Kier alpha value is -5.28. The molecular weight excluding hydrogens is 715 g/mol. The molecule has 56 heavy (non-hydrogen) atoms. The molecule has 0 amide bonds. The van der Waals surface area contributed by atoms with Crippen molar-refractivity contribution >= 4 is 41.0 Å². The predicted octanol–water partition coefficient (Wildman–Crippen LogP) is 12.4. The minimum atomic E-state index is -1.85. The summed E-state index contributed by atoms with van der Waals surface area (Å²) in [6, 6.07) is 54.5. The van der Waals surface area contributed by atoms with Crippen LogP contribution in [0.25, 0.3) is 11.1 Å². The van der Waals surface area contributed by atoms with Crippen molar-refractivity contribution in [1.82, 2.24) is 0 Å². The van der Waals surface area contributed by atoms with Gasteiger partial charge in [0.2, 0.25) is 0 Å². The van der Waals surface area contributed by atoms with E-state index in [1.165, 1.54) is 44.5 Å². The standard InChI is InChI=1S/C50H53N3OSi2/c1-38-15-19-40(20-16-38)35-51-31-33-55(3,4)54-56(5,6)34-32-52-36-41-21-23-42(24-22-41)37-53-45-29-27-44(28-30-45)50(43-25-17-39(2)18-26-43)48-13-9-7-11-46(48)47-12-8-10-14-49(47)50/h7-30,35-37H,31-34H2,1-6H3. The lowest BCUT2D eigenvalue weighted by molar-refractivity contribution is 0.538. The maximum absolute atomic E-state index is 6.83. The summed E-state index contributed by atoms with van der Waals surface area (Å²) in [7, 11) is -3.67. The third-order valence-corrected chi connectivity index (χ3v) is 18.1. The fraction of sp³-hybridized carbons (Fsp3) is 0.220. The molecule has 0 spiro atoms. The summed E-state index contributed by atoms with van der Waals surface area (Å²) < 4.78 is 6.83. The van der Waals surface area contributed by atoms with Gasteiger partial charge in [0, 0.05) is 31.7 Å². The van der Waals surface area contributed by atoms with Crippen LogP contribution < -0.4 is 0 Å². The van der Waals surface area contributed by atoms with Gasteiger partial charge in [-0.1, -0.05) is 145 Å². The van der Waals surface area contributed by atoms with Gasteiger partial charge in [-0.15, -0.1) is 0 Å². The van der Waals surface area contributed by atoms with Gasteiger partial charge < -0.3 is 4.12 Å². The molecule has 0 atom stereocenters. The molecule has 0 N–H and O–H groups in total. The van der Waals surface area contributed by atoms with E-state index in [2.05, 4.69) is 191 Å². The number of fused-ring (bicyclic) bond motifs is 3. The van der Waals surface area contributed by atoms with E-state index in [0.29, 0.717) is 0 Å². The molecule has 0 unspecified atom stereocenters. The third kappa shape index (κ3) is 8.89. The normalized spacial score (nSPS) is 13.8. The minimum Gasteiger partial charge on any atom is -0.455 e. The monoisotopic (exact) mass is 767 g/mol. The van der Waals surface area contributed by atoms with Crippen molar-refractivity contribution < 1.29 is 4.12 Å². The summed E-state index contributed by atoms with van der Waals surface area (Å²) in [6.45, 7) is 15.1. The maximum Gasteiger partial charge on any atom is 0.175 e. The largest absolute Gasteiger partial charge is 0.455 e. The first-order valence-electron chi connectivity index (χ1n) is 19.8. The average molecular weight is 768 g/mol. The van der Waals surface area contributed by atoms with Gasteiger partial charge in [0.15, 0.2) is 16.6 Å². The molecule has 0 aromatic heterocycles. The summed E-state index contributed by atoms with van der Waals surface area (Å²) in [5.74, 6) is 0. The lowest BCUT2D eigenvalue weighted by Crippen LogP contribution is -2.45. The SMILES string of the molecule is Cc1ccc(C=NCC[Si](C)(C)O[Si](C)(C)CCN=Cc2ccc(C=Nc3ccc(C4(c5ccc(C)cc5)c5ccccc5-c5ccccc54)cc3)cc2)cc1. The van der Waals surface area contributed by atoms with Crippen LogP contribution in [0.1, 0.15) is 50.1 Å². The number of benzene rings is 6. The lowest BCUT2D eigenvalue weighted by atomic mass is 9.67. The summed E-state index contributed by atoms with van der Waals surface area (Å²) in [5.41, 5.74) is 14.1. The Labute approximate surface area is 336 Å². The molecular formula is C50H53N3OSi2. The topological polar surface area (TPSA) is 46.3 Å². The van der Waals surface area contributed by atoms with E-state index in [1.807, 2.05) is 18.6 Å². The quantitative estimate of drug-likeness (QED) is 0.0803. The summed E-state index contributed by atoms with van der Waals surface area (Å²) in [4.78, 5) is 14.3. The molecule has 6 aromatic carbocycles. The highest BCUT2D eigenvalue weighted by Gasteiger charge is 2.45. The van der Waals surface area contributed by atoms with Gasteiger partial charge in [0.25, 0.3) is 0 Å². The van der Waals surface area contributed by atoms with E-state index in [4.69, 9.17) is 14.1 Å². The van der Waals surface area contributed by atoms with Crippen LogP contribution in [0.15, 0.2) is 161 Å². The third-order valence-electron chi connectivity index (χ3n) is 10.8. The van der Waals surface area contributed by atoms with Gasteiger partial charge in [0.1, 0.15) is 0 Å². The van der Waals surface area contributed by atoms with Crippen molar-refractivity contribution in [3.63, 3.8) is 0 Å². The van der Waals surface area contributed by atoms with Crippen molar-refractivity contribution in [3.8, 4) is 11.1 Å². The number of hydrogen-bond acceptors (Lipinski definition) is 4. The van der Waals surface area contributed by atoms with Gasteiger partial charge in [-0.2, -0.15) is 0 Å². The maximum atomic E-state index is 6.83. The molecule has 0 saturated carbocycles. The van der Waals surface area contributed by atoms with Gasteiger partial charge in [-0.05, 0) is 114 Å². The van der Waals surface area contributed by atoms with Crippen LogP contribution in [0.4, 0.5) is 5.69 Å². The highest BCUT2D eigenvalue weighted by Crippen LogP contribution is 2.56. The van der Waals surface area contributed by atoms with E-state index in [0.717, 1.165) is 47.6 Å². The summed E-state index contributed by atoms with van der Waals surface area (Å²) in [5, 5.41) is 0. The lowest BCUT2D eigenvalue weighted by Gasteiger charge is -2.34. The van der Waals surface area contributed by atoms with Gasteiger partial charge in [0.05, 0.1) is 11.1 Å². The molecule has 6 aromatic rings. The van der Waals surface area contributed by atoms with E-state index in [1.54, 1.807) is 0 Å². The van der Waals surface area contributed by atoms with Crippen molar-refractivity contribution in [2.45, 2.75) is 57.5 Å². The number of nitrogens with zero attached hydrogens (tertiary/aromatic N) is 3. The predicted molar refractivity (Wildman–Crippen MR) is 244 cm³/mol. The molecule has 0 heterocycles. The van der Waals surface area contributed by atoms with Crippen molar-refractivity contribution in [2.24, 2.45) is 15.0 Å². The summed E-state index contributed by atoms with van der Waals surface area (Å²) in [6.07, 6.45) is 5.90. The Morgan fingerprint density at radius 2 is 0.875 bits per heavy atom. The van der Waals surface area contributed by atoms with E-state index >= 15 is 0 Å². The second-order valence-electron chi connectivity index (χ2n) is 16.3. The van der Waals surface area contributed by atoms with Crippen LogP contribution in [0.3, 0.4) is 0 Å². The Morgan fingerprint density at radius 3 is 1.36 bits per heavy atom. The zero-order valence-electron chi connectivity index (χ0n) is 33.7. The number of aliphatic imine (C=N–C) groups is 3. The Kier molecular flexibility index (Phi) is 11.7.